The fourth-order valence-corrected chi connectivity index (χ4v) is 2.61. The first-order valence-corrected chi connectivity index (χ1v) is 6.50. The minimum Gasteiger partial charge on any atom is -0.368 e. The van der Waals surface area contributed by atoms with Crippen LogP contribution in [-0.4, -0.2) is 54.6 Å². The SMILES string of the molecule is CN1CCN(C2=CC(=O)C(=O)c3ccccc32)CC1. The van der Waals surface area contributed by atoms with Crippen LogP contribution in [0.3, 0.4) is 0 Å². The van der Waals surface area contributed by atoms with Crippen molar-refractivity contribution < 1.29 is 9.59 Å². The molecule has 0 bridgehead atoms. The fourth-order valence-electron chi connectivity index (χ4n) is 2.61. The topological polar surface area (TPSA) is 40.6 Å². The first kappa shape index (κ1) is 12.1. The van der Waals surface area contributed by atoms with Gasteiger partial charge in [-0.1, -0.05) is 24.3 Å². The lowest BCUT2D eigenvalue weighted by Gasteiger charge is -2.36. The molecule has 1 heterocycles. The van der Waals surface area contributed by atoms with E-state index < -0.39 is 11.6 Å². The van der Waals surface area contributed by atoms with E-state index in [-0.39, 0.29) is 0 Å². The molecule has 0 unspecified atom stereocenters. The van der Waals surface area contributed by atoms with Gasteiger partial charge in [0.15, 0.2) is 0 Å². The number of Topliss-reactive ketones (excluding diaryl/α,β-unsaturated/α-hetero) is 1. The smallest absolute Gasteiger partial charge is 0.233 e. The van der Waals surface area contributed by atoms with Gasteiger partial charge in [0.25, 0.3) is 0 Å². The van der Waals surface area contributed by atoms with Crippen molar-refractivity contribution in [2.75, 3.05) is 33.2 Å². The molecule has 1 fully saturated rings. The van der Waals surface area contributed by atoms with E-state index >= 15 is 0 Å². The molecule has 19 heavy (non-hydrogen) atoms. The fraction of sp³-hybridized carbons (Fsp3) is 0.333. The summed E-state index contributed by atoms with van der Waals surface area (Å²) in [5.41, 5.74) is 2.31. The monoisotopic (exact) mass is 256 g/mol. The Balaban J connectivity index is 1.99. The van der Waals surface area contributed by atoms with Gasteiger partial charge < -0.3 is 9.80 Å². The maximum absolute atomic E-state index is 11.9. The van der Waals surface area contributed by atoms with Crippen LogP contribution >= 0.6 is 0 Å². The van der Waals surface area contributed by atoms with Crippen LogP contribution in [0, 0.1) is 0 Å². The maximum Gasteiger partial charge on any atom is 0.233 e. The van der Waals surface area contributed by atoms with Crippen molar-refractivity contribution in [2.45, 2.75) is 0 Å². The highest BCUT2D eigenvalue weighted by molar-refractivity contribution is 6.50. The average molecular weight is 256 g/mol. The normalized spacial score (nSPS) is 20.3. The number of carbonyl (C=O) groups excluding carboxylic acids is 2. The molecule has 1 aromatic rings. The lowest BCUT2D eigenvalue weighted by atomic mass is 9.92. The van der Waals surface area contributed by atoms with Gasteiger partial charge in [-0.05, 0) is 7.05 Å². The Morgan fingerprint density at radius 2 is 1.58 bits per heavy atom. The molecule has 4 heteroatoms. The van der Waals surface area contributed by atoms with Gasteiger partial charge in [0, 0.05) is 49.1 Å². The second-order valence-corrected chi connectivity index (χ2v) is 5.06. The number of allylic oxidation sites excluding steroid dienone is 1. The van der Waals surface area contributed by atoms with Crippen molar-refractivity contribution >= 4 is 17.3 Å². The van der Waals surface area contributed by atoms with Crippen LogP contribution in [0.15, 0.2) is 30.3 Å². The Bertz CT molecular complexity index is 569. The molecule has 1 aliphatic carbocycles. The van der Waals surface area contributed by atoms with E-state index in [1.54, 1.807) is 12.1 Å². The van der Waals surface area contributed by atoms with Gasteiger partial charge in [0.2, 0.25) is 11.6 Å². The second kappa shape index (κ2) is 4.63. The van der Waals surface area contributed by atoms with E-state index in [2.05, 4.69) is 16.8 Å². The number of likely N-dealkylation sites (N-methyl/N-ethyl adjacent to an activating group) is 1. The lowest BCUT2D eigenvalue weighted by Crippen LogP contribution is -2.44. The zero-order valence-electron chi connectivity index (χ0n) is 10.9. The van der Waals surface area contributed by atoms with Gasteiger partial charge in [-0.25, -0.2) is 0 Å². The van der Waals surface area contributed by atoms with Gasteiger partial charge in [-0.3, -0.25) is 9.59 Å². The van der Waals surface area contributed by atoms with Crippen molar-refractivity contribution in [3.8, 4) is 0 Å². The van der Waals surface area contributed by atoms with Gasteiger partial charge in [-0.2, -0.15) is 0 Å². The van der Waals surface area contributed by atoms with Crippen molar-refractivity contribution in [2.24, 2.45) is 0 Å². The van der Waals surface area contributed by atoms with E-state index in [0.29, 0.717) is 5.56 Å². The second-order valence-electron chi connectivity index (χ2n) is 5.06. The maximum atomic E-state index is 11.9. The summed E-state index contributed by atoms with van der Waals surface area (Å²) in [4.78, 5) is 28.1. The van der Waals surface area contributed by atoms with E-state index in [0.717, 1.165) is 37.4 Å². The molecular formula is C15H16N2O2. The number of nitrogens with zero attached hydrogens (tertiary/aromatic N) is 2. The summed E-state index contributed by atoms with van der Waals surface area (Å²) in [6, 6.07) is 7.37. The third-order valence-corrected chi connectivity index (χ3v) is 3.78. The molecule has 98 valence electrons. The third kappa shape index (κ3) is 2.08. The van der Waals surface area contributed by atoms with Crippen molar-refractivity contribution in [3.63, 3.8) is 0 Å². The molecule has 1 aromatic carbocycles. The van der Waals surface area contributed by atoms with E-state index in [9.17, 15) is 9.59 Å². The largest absolute Gasteiger partial charge is 0.368 e. The van der Waals surface area contributed by atoms with Crippen LogP contribution in [0.4, 0.5) is 0 Å². The zero-order chi connectivity index (χ0) is 13.4. The van der Waals surface area contributed by atoms with Crippen molar-refractivity contribution in [3.05, 3.63) is 41.5 Å². The van der Waals surface area contributed by atoms with Crippen LogP contribution in [-0.2, 0) is 4.79 Å². The molecule has 0 N–H and O–H groups in total. The zero-order valence-corrected chi connectivity index (χ0v) is 10.9. The van der Waals surface area contributed by atoms with Crippen molar-refractivity contribution in [1.82, 2.24) is 9.80 Å². The van der Waals surface area contributed by atoms with E-state index in [1.165, 1.54) is 6.08 Å². The number of rotatable bonds is 1. The van der Waals surface area contributed by atoms with Gasteiger partial charge in [0.1, 0.15) is 0 Å². The summed E-state index contributed by atoms with van der Waals surface area (Å²) in [7, 11) is 2.09. The molecule has 0 saturated carbocycles. The Morgan fingerprint density at radius 1 is 0.947 bits per heavy atom. The van der Waals surface area contributed by atoms with Crippen LogP contribution in [0.2, 0.25) is 0 Å². The molecule has 3 rings (SSSR count). The van der Waals surface area contributed by atoms with E-state index in [1.807, 2.05) is 12.1 Å². The van der Waals surface area contributed by atoms with Crippen LogP contribution in [0.1, 0.15) is 15.9 Å². The molecule has 0 atom stereocenters. The van der Waals surface area contributed by atoms with Crippen LogP contribution in [0.25, 0.3) is 5.70 Å². The minimum atomic E-state index is -0.410. The summed E-state index contributed by atoms with van der Waals surface area (Å²) in [6.45, 7) is 3.72. The minimum absolute atomic E-state index is 0.395. The van der Waals surface area contributed by atoms with Gasteiger partial charge in [-0.15, -0.1) is 0 Å². The Hall–Kier alpha value is -1.94. The predicted octanol–water partition coefficient (Wildman–Crippen LogP) is 1.04. The predicted molar refractivity (Wildman–Crippen MR) is 72.8 cm³/mol. The molecule has 1 saturated heterocycles. The third-order valence-electron chi connectivity index (χ3n) is 3.78. The number of piperazine rings is 1. The lowest BCUT2D eigenvalue weighted by molar-refractivity contribution is -0.111. The van der Waals surface area contributed by atoms with Crippen LogP contribution < -0.4 is 0 Å². The van der Waals surface area contributed by atoms with Crippen molar-refractivity contribution in [1.29, 1.82) is 0 Å². The molecule has 0 aromatic heterocycles. The summed E-state index contributed by atoms with van der Waals surface area (Å²) in [5.74, 6) is -0.805. The Morgan fingerprint density at radius 3 is 2.26 bits per heavy atom. The summed E-state index contributed by atoms with van der Waals surface area (Å²) in [5, 5.41) is 0. The number of carbonyl (C=O) groups is 2. The molecular weight excluding hydrogens is 240 g/mol. The highest BCUT2D eigenvalue weighted by Gasteiger charge is 2.28. The summed E-state index contributed by atoms with van der Waals surface area (Å²) >= 11 is 0. The number of fused-ring (bicyclic) bond motifs is 1. The summed E-state index contributed by atoms with van der Waals surface area (Å²) in [6.07, 6.45) is 1.50. The first-order chi connectivity index (χ1) is 9.16. The van der Waals surface area contributed by atoms with Gasteiger partial charge in [0.05, 0.1) is 0 Å². The molecule has 4 nitrogen and oxygen atoms in total. The first-order valence-electron chi connectivity index (χ1n) is 6.50. The average Bonchev–Trinajstić information content (AvgIpc) is 2.44. The molecule has 0 spiro atoms. The highest BCUT2D eigenvalue weighted by atomic mass is 16.2. The summed E-state index contributed by atoms with van der Waals surface area (Å²) < 4.78 is 0. The Labute approximate surface area is 112 Å². The number of hydrogen-bond acceptors (Lipinski definition) is 4. The van der Waals surface area contributed by atoms with Crippen LogP contribution in [0.5, 0.6) is 0 Å². The molecule has 0 radical (unpaired) electrons. The standard InChI is InChI=1S/C15H16N2O2/c1-16-6-8-17(9-7-16)13-10-14(18)15(19)12-5-3-2-4-11(12)13/h2-5,10H,6-9H2,1H3. The number of ketones is 2. The molecule has 0 amide bonds. The quantitative estimate of drug-likeness (QED) is 0.704. The van der Waals surface area contributed by atoms with E-state index in [4.69, 9.17) is 0 Å². The number of benzene rings is 1. The molecule has 2 aliphatic rings. The van der Waals surface area contributed by atoms with Gasteiger partial charge >= 0.3 is 0 Å². The highest BCUT2D eigenvalue weighted by Crippen LogP contribution is 2.28. The molecule has 1 aliphatic heterocycles. The number of hydrogen-bond donors (Lipinski definition) is 0. The Kier molecular flexibility index (Phi) is 2.95.